The second-order valence-corrected chi connectivity index (χ2v) is 18.2. The number of fused-ring (bicyclic) bond motifs is 4. The van der Waals surface area contributed by atoms with E-state index in [1.807, 2.05) is 0 Å². The molecule has 1 N–H and O–H groups in total. The minimum atomic E-state index is -0.503. The number of hydrogen-bond donors (Lipinski definition) is 1. The van der Waals surface area contributed by atoms with E-state index < -0.39 is 6.10 Å². The van der Waals surface area contributed by atoms with Crippen LogP contribution in [0.15, 0.2) is 0 Å². The molecule has 2 heterocycles. The van der Waals surface area contributed by atoms with E-state index in [0.29, 0.717) is 34.5 Å². The van der Waals surface area contributed by atoms with Crippen LogP contribution in [0.25, 0.3) is 0 Å². The summed E-state index contributed by atoms with van der Waals surface area (Å²) >= 11 is 0. The van der Waals surface area contributed by atoms with Crippen LogP contribution in [0.2, 0.25) is 0 Å². The Hall–Kier alpha value is -0.730. The second-order valence-electron chi connectivity index (χ2n) is 18.2. The molecule has 4 unspecified atom stereocenters. The number of rotatable bonds is 6. The third kappa shape index (κ3) is 4.41. The maximum absolute atomic E-state index is 12.5. The summed E-state index contributed by atoms with van der Waals surface area (Å²) in [7, 11) is 0. The van der Waals surface area contributed by atoms with Crippen LogP contribution in [0.5, 0.6) is 0 Å². The first-order valence-electron chi connectivity index (χ1n) is 18.7. The third-order valence-corrected chi connectivity index (χ3v) is 16.0. The molecule has 7 fully saturated rings. The maximum Gasteiger partial charge on any atom is 0.303 e. The molecule has 0 amide bonds. The van der Waals surface area contributed by atoms with Crippen molar-refractivity contribution in [3.63, 3.8) is 0 Å². The Bertz CT molecular complexity index is 1160. The van der Waals surface area contributed by atoms with Gasteiger partial charge in [0.05, 0.1) is 31.0 Å². The summed E-state index contributed by atoms with van der Waals surface area (Å²) in [6.07, 6.45) is 8.39. The molecule has 45 heavy (non-hydrogen) atoms. The molecule has 2 spiro atoms. The summed E-state index contributed by atoms with van der Waals surface area (Å²) in [4.78, 5) is 14.5. The van der Waals surface area contributed by atoms with Crippen molar-refractivity contribution in [1.29, 1.82) is 0 Å². The Morgan fingerprint density at radius 2 is 1.76 bits per heavy atom. The van der Waals surface area contributed by atoms with Gasteiger partial charge in [0.2, 0.25) is 0 Å². The van der Waals surface area contributed by atoms with Crippen LogP contribution in [0.1, 0.15) is 114 Å². The SMILES string of the molecule is CCN1CCOC(O[C@H]2CC[C@]34C[C@]35CC[C@]3(C)[C@@H]6C(OC([C@H](OC(C)=O)C(C)C)C[C@H]6C)[C@H](O)[C@@]3(C)C5CC[C@H]4C2(C)C)C1. The quantitative estimate of drug-likeness (QED) is 0.339. The molecular weight excluding hydrogens is 566 g/mol. The first kappa shape index (κ1) is 32.8. The van der Waals surface area contributed by atoms with E-state index in [1.165, 1.54) is 45.4 Å². The summed E-state index contributed by atoms with van der Waals surface area (Å²) in [6, 6.07) is 0. The van der Waals surface area contributed by atoms with Crippen LogP contribution in [0.3, 0.4) is 0 Å². The molecule has 0 aromatic heterocycles. The van der Waals surface area contributed by atoms with Gasteiger partial charge in [0.15, 0.2) is 6.29 Å². The molecule has 0 bridgehead atoms. The van der Waals surface area contributed by atoms with Gasteiger partial charge in [-0.25, -0.2) is 0 Å². The van der Waals surface area contributed by atoms with E-state index in [-0.39, 0.29) is 58.8 Å². The molecule has 7 heteroatoms. The monoisotopic (exact) mass is 629 g/mol. The number of nitrogens with zero attached hydrogens (tertiary/aromatic N) is 1. The highest BCUT2D eigenvalue weighted by Gasteiger charge is 2.84. The lowest BCUT2D eigenvalue weighted by Crippen LogP contribution is -2.60. The van der Waals surface area contributed by atoms with Crippen molar-refractivity contribution in [2.75, 3.05) is 26.2 Å². The number of aliphatic hydroxyl groups is 1. The van der Waals surface area contributed by atoms with Crippen molar-refractivity contribution in [2.24, 2.45) is 56.7 Å². The summed E-state index contributed by atoms with van der Waals surface area (Å²) in [6.45, 7) is 24.0. The molecule has 0 radical (unpaired) electrons. The van der Waals surface area contributed by atoms with Gasteiger partial charge in [0, 0.05) is 25.4 Å². The normalized spacial score (nSPS) is 52.6. The highest BCUT2D eigenvalue weighted by Crippen LogP contribution is 2.89. The predicted octanol–water partition coefficient (Wildman–Crippen LogP) is 6.45. The maximum atomic E-state index is 12.5. The molecule has 7 nitrogen and oxygen atoms in total. The largest absolute Gasteiger partial charge is 0.460 e. The average Bonchev–Trinajstić information content (AvgIpc) is 3.62. The van der Waals surface area contributed by atoms with Gasteiger partial charge < -0.3 is 24.1 Å². The number of carbonyl (C=O) groups excluding carboxylic acids is 1. The minimum Gasteiger partial charge on any atom is -0.460 e. The molecule has 2 saturated heterocycles. The predicted molar refractivity (Wildman–Crippen MR) is 173 cm³/mol. The zero-order chi connectivity index (χ0) is 32.3. The van der Waals surface area contributed by atoms with Crippen molar-refractivity contribution >= 4 is 5.97 Å². The van der Waals surface area contributed by atoms with Gasteiger partial charge in [0.1, 0.15) is 6.10 Å². The standard InChI is InChI=1S/C38H63NO6/c1-10-39-17-18-42-29(20-39)45-28-13-14-37-21-38(37)16-15-35(8)30-23(4)19-25(31(22(2)3)43-24(5)40)44-32(30)33(41)36(35,9)27(38)12-11-26(37)34(28,6)7/h22-23,25-33,41H,10-21H2,1-9H3/t23-,25?,26+,27?,28+,29?,30+,31-,32?,33+,35-,36-,37-,38+/m1/s1. The van der Waals surface area contributed by atoms with Gasteiger partial charge in [-0.1, -0.05) is 55.4 Å². The van der Waals surface area contributed by atoms with Gasteiger partial charge in [-0.2, -0.15) is 0 Å². The number of hydrogen-bond acceptors (Lipinski definition) is 7. The number of likely N-dealkylation sites (N-methyl/N-ethyl adjacent to an activating group) is 1. The Kier molecular flexibility index (Phi) is 7.94. The van der Waals surface area contributed by atoms with Crippen LogP contribution in [0, 0.1) is 56.7 Å². The fourth-order valence-corrected chi connectivity index (χ4v) is 13.8. The fraction of sp³-hybridized carbons (Fsp3) is 0.974. The Labute approximate surface area is 272 Å². The van der Waals surface area contributed by atoms with Crippen LogP contribution >= 0.6 is 0 Å². The van der Waals surface area contributed by atoms with Gasteiger partial charge in [0.25, 0.3) is 0 Å². The van der Waals surface area contributed by atoms with E-state index in [1.54, 1.807) is 0 Å². The van der Waals surface area contributed by atoms with Crippen molar-refractivity contribution in [3.8, 4) is 0 Å². The molecule has 5 saturated carbocycles. The zero-order valence-corrected chi connectivity index (χ0v) is 29.8. The van der Waals surface area contributed by atoms with Crippen LogP contribution in [0.4, 0.5) is 0 Å². The minimum absolute atomic E-state index is 0.0298. The van der Waals surface area contributed by atoms with Crippen LogP contribution < -0.4 is 0 Å². The highest BCUT2D eigenvalue weighted by molar-refractivity contribution is 5.66. The highest BCUT2D eigenvalue weighted by atomic mass is 16.7. The molecule has 14 atom stereocenters. The van der Waals surface area contributed by atoms with Crippen molar-refractivity contribution in [2.45, 2.75) is 150 Å². The smallest absolute Gasteiger partial charge is 0.303 e. The van der Waals surface area contributed by atoms with Crippen molar-refractivity contribution in [1.82, 2.24) is 4.90 Å². The van der Waals surface area contributed by atoms with E-state index in [2.05, 4.69) is 60.3 Å². The lowest BCUT2D eigenvalue weighted by molar-refractivity contribution is -0.248. The van der Waals surface area contributed by atoms with E-state index >= 15 is 0 Å². The lowest BCUT2D eigenvalue weighted by atomic mass is 9.41. The first-order chi connectivity index (χ1) is 21.2. The molecule has 7 rings (SSSR count). The molecule has 7 aliphatic rings. The van der Waals surface area contributed by atoms with E-state index in [4.69, 9.17) is 18.9 Å². The van der Waals surface area contributed by atoms with E-state index in [9.17, 15) is 9.90 Å². The molecule has 2 aliphatic heterocycles. The van der Waals surface area contributed by atoms with Gasteiger partial charge in [-0.05, 0) is 109 Å². The number of carbonyl (C=O) groups is 1. The fourth-order valence-electron chi connectivity index (χ4n) is 13.8. The van der Waals surface area contributed by atoms with Crippen LogP contribution in [-0.4, -0.2) is 79.0 Å². The average molecular weight is 630 g/mol. The van der Waals surface area contributed by atoms with Crippen molar-refractivity contribution in [3.05, 3.63) is 0 Å². The van der Waals surface area contributed by atoms with Gasteiger partial charge in [-0.15, -0.1) is 0 Å². The van der Waals surface area contributed by atoms with Crippen LogP contribution in [-0.2, 0) is 23.7 Å². The summed E-state index contributed by atoms with van der Waals surface area (Å²) < 4.78 is 25.8. The Balaban J connectivity index is 1.14. The molecule has 0 aromatic rings. The number of ether oxygens (including phenoxy) is 4. The van der Waals surface area contributed by atoms with E-state index in [0.717, 1.165) is 39.1 Å². The third-order valence-electron chi connectivity index (χ3n) is 16.0. The number of morpholine rings is 1. The van der Waals surface area contributed by atoms with Gasteiger partial charge in [-0.3, -0.25) is 9.69 Å². The zero-order valence-electron chi connectivity index (χ0n) is 29.8. The number of esters is 1. The topological polar surface area (TPSA) is 77.5 Å². The summed E-state index contributed by atoms with van der Waals surface area (Å²) in [5.41, 5.74) is 0.628. The van der Waals surface area contributed by atoms with Gasteiger partial charge >= 0.3 is 5.97 Å². The Morgan fingerprint density at radius 1 is 1.04 bits per heavy atom. The molecular formula is C38H63NO6. The molecule has 256 valence electrons. The summed E-state index contributed by atoms with van der Waals surface area (Å²) in [5.74, 6) is 1.80. The molecule has 0 aromatic carbocycles. The number of aliphatic hydroxyl groups excluding tert-OH is 1. The van der Waals surface area contributed by atoms with Crippen molar-refractivity contribution < 1.29 is 28.8 Å². The first-order valence-corrected chi connectivity index (χ1v) is 18.7. The molecule has 5 aliphatic carbocycles. The lowest BCUT2D eigenvalue weighted by Gasteiger charge is -2.64. The second kappa shape index (κ2) is 10.9. The summed E-state index contributed by atoms with van der Waals surface area (Å²) in [5, 5.41) is 12.5. The Morgan fingerprint density at radius 3 is 2.44 bits per heavy atom.